The molecule has 7 heteroatoms. The highest BCUT2D eigenvalue weighted by molar-refractivity contribution is 14.0. The third kappa shape index (κ3) is 8.33. The molecule has 0 unspecified atom stereocenters. The molecule has 0 aliphatic carbocycles. The summed E-state index contributed by atoms with van der Waals surface area (Å²) in [7, 11) is 5.22. The Bertz CT molecular complexity index is 897. The van der Waals surface area contributed by atoms with Crippen LogP contribution in [0, 0.1) is 0 Å². The fraction of sp³-hybridized carbons (Fsp3) is 0.440. The quantitative estimate of drug-likeness (QED) is 0.280. The number of hydrogen-bond donors (Lipinski definition) is 2. The van der Waals surface area contributed by atoms with Crippen LogP contribution in [0.3, 0.4) is 0 Å². The van der Waals surface area contributed by atoms with Crippen molar-refractivity contribution in [3.05, 3.63) is 65.2 Å². The normalized spacial score (nSPS) is 11.4. The van der Waals surface area contributed by atoms with Gasteiger partial charge < -0.3 is 20.3 Å². The van der Waals surface area contributed by atoms with Crippen molar-refractivity contribution in [2.24, 2.45) is 4.99 Å². The average Bonchev–Trinajstić information content (AvgIpc) is 2.77. The molecule has 32 heavy (non-hydrogen) atoms. The number of nitrogens with zero attached hydrogens (tertiary/aromatic N) is 2. The monoisotopic (exact) mass is 552 g/mol. The number of methoxy groups -OCH3 is 1. The minimum absolute atomic E-state index is 0. The largest absolute Gasteiger partial charge is 0.497 e. The summed E-state index contributed by atoms with van der Waals surface area (Å²) < 4.78 is 5.36. The van der Waals surface area contributed by atoms with Crippen molar-refractivity contribution in [1.29, 1.82) is 0 Å². The summed E-state index contributed by atoms with van der Waals surface area (Å²) >= 11 is 0. The molecule has 0 radical (unpaired) electrons. The molecule has 176 valence electrons. The molecule has 0 fully saturated rings. The van der Waals surface area contributed by atoms with E-state index in [1.165, 1.54) is 5.56 Å². The molecule has 1 amide bonds. The summed E-state index contributed by atoms with van der Waals surface area (Å²) in [6.07, 6.45) is 0.804. The van der Waals surface area contributed by atoms with Gasteiger partial charge in [-0.3, -0.25) is 9.79 Å². The summed E-state index contributed by atoms with van der Waals surface area (Å²) in [5, 5.41) is 6.72. The molecule has 2 aromatic carbocycles. The Kier molecular flexibility index (Phi) is 11.5. The Balaban J connectivity index is 0.00000512. The molecule has 0 bridgehead atoms. The molecule has 2 aromatic rings. The first-order valence-corrected chi connectivity index (χ1v) is 10.7. The lowest BCUT2D eigenvalue weighted by Gasteiger charge is -2.24. The molecular formula is C25H37IN4O2. The van der Waals surface area contributed by atoms with Gasteiger partial charge in [0.15, 0.2) is 5.96 Å². The maximum Gasteiger partial charge on any atom is 0.253 e. The van der Waals surface area contributed by atoms with E-state index in [1.807, 2.05) is 36.4 Å². The highest BCUT2D eigenvalue weighted by Crippen LogP contribution is 2.26. The number of carbonyl (C=O) groups is 1. The number of hydrogen-bond acceptors (Lipinski definition) is 3. The fourth-order valence-corrected chi connectivity index (χ4v) is 3.20. The van der Waals surface area contributed by atoms with E-state index in [1.54, 1.807) is 26.1 Å². The maximum atomic E-state index is 12.2. The molecule has 0 heterocycles. The first kappa shape index (κ1) is 27.7. The zero-order valence-corrected chi connectivity index (χ0v) is 22.4. The van der Waals surface area contributed by atoms with Crippen molar-refractivity contribution < 1.29 is 9.53 Å². The number of nitrogens with one attached hydrogen (secondary N) is 2. The van der Waals surface area contributed by atoms with Crippen LogP contribution in [0.2, 0.25) is 0 Å². The van der Waals surface area contributed by atoms with Gasteiger partial charge in [0.1, 0.15) is 5.75 Å². The predicted octanol–water partition coefficient (Wildman–Crippen LogP) is 4.09. The van der Waals surface area contributed by atoms with Gasteiger partial charge in [-0.1, -0.05) is 38.1 Å². The molecule has 0 saturated heterocycles. The lowest BCUT2D eigenvalue weighted by molar-refractivity contribution is 0.0827. The lowest BCUT2D eigenvalue weighted by atomic mass is 9.85. The van der Waals surface area contributed by atoms with Crippen LogP contribution >= 0.6 is 24.0 Å². The molecule has 2 rings (SSSR count). The smallest absolute Gasteiger partial charge is 0.253 e. The molecular weight excluding hydrogens is 515 g/mol. The van der Waals surface area contributed by atoms with Gasteiger partial charge in [0.25, 0.3) is 5.91 Å². The van der Waals surface area contributed by atoms with Crippen LogP contribution in [0.4, 0.5) is 0 Å². The Labute approximate surface area is 209 Å². The molecule has 0 atom stereocenters. The van der Waals surface area contributed by atoms with Crippen molar-refractivity contribution in [2.45, 2.75) is 32.6 Å². The maximum absolute atomic E-state index is 12.2. The van der Waals surface area contributed by atoms with Gasteiger partial charge in [-0.25, -0.2) is 0 Å². The van der Waals surface area contributed by atoms with E-state index in [4.69, 9.17) is 9.73 Å². The molecule has 0 aromatic heterocycles. The van der Waals surface area contributed by atoms with Crippen LogP contribution in [0.5, 0.6) is 5.75 Å². The van der Waals surface area contributed by atoms with Crippen LogP contribution in [0.15, 0.2) is 53.5 Å². The molecule has 0 spiro atoms. The topological polar surface area (TPSA) is 66.0 Å². The van der Waals surface area contributed by atoms with E-state index in [-0.39, 0.29) is 35.3 Å². The third-order valence-corrected chi connectivity index (χ3v) is 5.11. The summed E-state index contributed by atoms with van der Waals surface area (Å²) in [6.45, 7) is 8.58. The van der Waals surface area contributed by atoms with E-state index in [9.17, 15) is 4.79 Å². The van der Waals surface area contributed by atoms with Gasteiger partial charge in [0.2, 0.25) is 0 Å². The van der Waals surface area contributed by atoms with Crippen LogP contribution < -0.4 is 15.4 Å². The van der Waals surface area contributed by atoms with Crippen molar-refractivity contribution in [3.8, 4) is 5.75 Å². The number of carbonyl (C=O) groups excluding carboxylic acids is 1. The number of benzene rings is 2. The standard InChI is InChI=1S/C25H36N4O2.HI/c1-7-26-24(28-18-25(2,3)21-12-9-13-22(17-21)31-6)27-15-14-19-10-8-11-20(16-19)23(30)29(4)5;/h8-13,16-17H,7,14-15,18H2,1-6H3,(H2,26,27,28);1H. The van der Waals surface area contributed by atoms with Crippen molar-refractivity contribution in [1.82, 2.24) is 15.5 Å². The van der Waals surface area contributed by atoms with E-state index in [2.05, 4.69) is 43.5 Å². The lowest BCUT2D eigenvalue weighted by Crippen LogP contribution is -2.39. The van der Waals surface area contributed by atoms with E-state index in [0.717, 1.165) is 36.8 Å². The highest BCUT2D eigenvalue weighted by Gasteiger charge is 2.21. The zero-order valence-electron chi connectivity index (χ0n) is 20.1. The predicted molar refractivity (Wildman–Crippen MR) is 144 cm³/mol. The minimum atomic E-state index is -0.127. The summed E-state index contributed by atoms with van der Waals surface area (Å²) in [4.78, 5) is 18.6. The number of rotatable bonds is 9. The van der Waals surface area contributed by atoms with E-state index < -0.39 is 0 Å². The first-order chi connectivity index (χ1) is 14.8. The molecule has 0 aliphatic heterocycles. The van der Waals surface area contributed by atoms with Gasteiger partial charge in [-0.2, -0.15) is 0 Å². The Hall–Kier alpha value is -2.29. The van der Waals surface area contributed by atoms with Gasteiger partial charge in [0, 0.05) is 38.2 Å². The van der Waals surface area contributed by atoms with Crippen LogP contribution in [-0.4, -0.2) is 57.6 Å². The number of guanidine groups is 1. The Morgan fingerprint density at radius 1 is 1.09 bits per heavy atom. The molecule has 0 saturated carbocycles. The van der Waals surface area contributed by atoms with E-state index >= 15 is 0 Å². The fourth-order valence-electron chi connectivity index (χ4n) is 3.20. The number of halogens is 1. The van der Waals surface area contributed by atoms with Crippen LogP contribution in [0.1, 0.15) is 42.3 Å². The molecule has 2 N–H and O–H groups in total. The zero-order chi connectivity index (χ0) is 22.9. The molecule has 6 nitrogen and oxygen atoms in total. The second-order valence-corrected chi connectivity index (χ2v) is 8.39. The Morgan fingerprint density at radius 2 is 1.81 bits per heavy atom. The van der Waals surface area contributed by atoms with Crippen molar-refractivity contribution in [3.63, 3.8) is 0 Å². The van der Waals surface area contributed by atoms with Crippen molar-refractivity contribution in [2.75, 3.05) is 40.8 Å². The first-order valence-electron chi connectivity index (χ1n) is 10.7. The summed E-state index contributed by atoms with van der Waals surface area (Å²) in [6, 6.07) is 15.9. The van der Waals surface area contributed by atoms with Crippen LogP contribution in [-0.2, 0) is 11.8 Å². The van der Waals surface area contributed by atoms with E-state index in [0.29, 0.717) is 12.1 Å². The Morgan fingerprint density at radius 3 is 2.47 bits per heavy atom. The third-order valence-electron chi connectivity index (χ3n) is 5.11. The van der Waals surface area contributed by atoms with Gasteiger partial charge in [-0.05, 0) is 48.7 Å². The van der Waals surface area contributed by atoms with Gasteiger partial charge in [0.05, 0.1) is 13.7 Å². The summed E-state index contributed by atoms with van der Waals surface area (Å²) in [5.74, 6) is 1.66. The number of aliphatic imine (C=N–C) groups is 1. The van der Waals surface area contributed by atoms with Gasteiger partial charge in [-0.15, -0.1) is 24.0 Å². The average molecular weight is 553 g/mol. The van der Waals surface area contributed by atoms with Gasteiger partial charge >= 0.3 is 0 Å². The summed E-state index contributed by atoms with van der Waals surface area (Å²) in [5.41, 5.74) is 2.89. The SMILES string of the molecule is CCNC(=NCC(C)(C)c1cccc(OC)c1)NCCc1cccc(C(=O)N(C)C)c1.I. The second kappa shape index (κ2) is 13.3. The van der Waals surface area contributed by atoms with Crippen molar-refractivity contribution >= 4 is 35.8 Å². The molecule has 0 aliphatic rings. The second-order valence-electron chi connectivity index (χ2n) is 8.39. The van der Waals surface area contributed by atoms with Crippen LogP contribution in [0.25, 0.3) is 0 Å². The number of ether oxygens (including phenoxy) is 1. The highest BCUT2D eigenvalue weighted by atomic mass is 127. The minimum Gasteiger partial charge on any atom is -0.497 e. The number of amides is 1.